The molecule has 0 atom stereocenters. The van der Waals surface area contributed by atoms with Crippen LogP contribution in [0.3, 0.4) is 0 Å². The number of amides is 1. The summed E-state index contributed by atoms with van der Waals surface area (Å²) in [6.07, 6.45) is 0. The molecule has 1 aromatic heterocycles. The number of nitrogens with one attached hydrogen (secondary N) is 1. The average molecular weight is 169 g/mol. The van der Waals surface area contributed by atoms with Crippen LogP contribution in [0, 0.1) is 13.8 Å². The second-order valence-electron chi connectivity index (χ2n) is 2.53. The zero-order valence-corrected chi connectivity index (χ0v) is 7.71. The first kappa shape index (κ1) is 8.27. The molecule has 0 spiro atoms. The van der Waals surface area contributed by atoms with Gasteiger partial charge in [-0.2, -0.15) is 0 Å². The number of carbonyl (C=O) groups excluding carboxylic acids is 1. The van der Waals surface area contributed by atoms with E-state index in [-0.39, 0.29) is 5.91 Å². The SMILES string of the molecule is CC(=O)Nc1cc(C)c(C)s1. The van der Waals surface area contributed by atoms with Gasteiger partial charge in [0.1, 0.15) is 0 Å². The Labute approximate surface area is 70.2 Å². The van der Waals surface area contributed by atoms with Crippen molar-refractivity contribution in [3.05, 3.63) is 16.5 Å². The molecule has 0 saturated carbocycles. The Kier molecular flexibility index (Phi) is 2.29. The molecule has 0 radical (unpaired) electrons. The molecule has 0 saturated heterocycles. The molecule has 11 heavy (non-hydrogen) atoms. The summed E-state index contributed by atoms with van der Waals surface area (Å²) in [6.45, 7) is 5.60. The maximum absolute atomic E-state index is 10.6. The number of anilines is 1. The van der Waals surface area contributed by atoms with Crippen LogP contribution in [0.25, 0.3) is 0 Å². The fraction of sp³-hybridized carbons (Fsp3) is 0.375. The van der Waals surface area contributed by atoms with Crippen LogP contribution >= 0.6 is 11.3 Å². The second-order valence-corrected chi connectivity index (χ2v) is 3.79. The van der Waals surface area contributed by atoms with Crippen molar-refractivity contribution in [1.82, 2.24) is 0 Å². The predicted molar refractivity (Wildman–Crippen MR) is 48.1 cm³/mol. The number of thiophene rings is 1. The molecule has 0 unspecified atom stereocenters. The van der Waals surface area contributed by atoms with Crippen LogP contribution < -0.4 is 5.32 Å². The van der Waals surface area contributed by atoms with Crippen LogP contribution in [0.1, 0.15) is 17.4 Å². The third kappa shape index (κ3) is 2.05. The van der Waals surface area contributed by atoms with Gasteiger partial charge in [0.2, 0.25) is 5.91 Å². The predicted octanol–water partition coefficient (Wildman–Crippen LogP) is 2.32. The van der Waals surface area contributed by atoms with E-state index in [0.29, 0.717) is 0 Å². The first-order valence-corrected chi connectivity index (χ1v) is 4.26. The normalized spacial score (nSPS) is 9.73. The summed E-state index contributed by atoms with van der Waals surface area (Å²) in [5.74, 6) is -0.00810. The maximum Gasteiger partial charge on any atom is 0.221 e. The monoisotopic (exact) mass is 169 g/mol. The van der Waals surface area contributed by atoms with Gasteiger partial charge in [-0.3, -0.25) is 4.79 Å². The van der Waals surface area contributed by atoms with E-state index < -0.39 is 0 Å². The number of carbonyl (C=O) groups is 1. The van der Waals surface area contributed by atoms with Gasteiger partial charge in [0.25, 0.3) is 0 Å². The lowest BCUT2D eigenvalue weighted by molar-refractivity contribution is -0.114. The lowest BCUT2D eigenvalue weighted by Gasteiger charge is -1.93. The molecule has 0 bridgehead atoms. The summed E-state index contributed by atoms with van der Waals surface area (Å²) >= 11 is 1.61. The first-order chi connectivity index (χ1) is 5.09. The molecular weight excluding hydrogens is 158 g/mol. The molecular formula is C8H11NOS. The minimum absolute atomic E-state index is 0.00810. The van der Waals surface area contributed by atoms with Crippen LogP contribution in [0.4, 0.5) is 5.00 Å². The standard InChI is InChI=1S/C8H11NOS/c1-5-4-8(9-7(3)10)11-6(5)2/h4H,1-3H3,(H,9,10). The highest BCUT2D eigenvalue weighted by molar-refractivity contribution is 7.16. The van der Waals surface area contributed by atoms with E-state index in [1.807, 2.05) is 19.9 Å². The molecule has 1 rings (SSSR count). The summed E-state index contributed by atoms with van der Waals surface area (Å²) in [5, 5.41) is 3.68. The summed E-state index contributed by atoms with van der Waals surface area (Å²) in [4.78, 5) is 11.9. The first-order valence-electron chi connectivity index (χ1n) is 3.44. The maximum atomic E-state index is 10.6. The van der Waals surface area contributed by atoms with Crippen molar-refractivity contribution in [1.29, 1.82) is 0 Å². The molecule has 2 nitrogen and oxygen atoms in total. The Balaban J connectivity index is 2.81. The fourth-order valence-electron chi connectivity index (χ4n) is 0.808. The molecule has 60 valence electrons. The molecule has 0 aromatic carbocycles. The molecule has 1 heterocycles. The molecule has 0 aliphatic carbocycles. The average Bonchev–Trinajstić information content (AvgIpc) is 2.10. The number of aryl methyl sites for hydroxylation is 2. The molecule has 0 fully saturated rings. The number of hydrogen-bond acceptors (Lipinski definition) is 2. The Hall–Kier alpha value is -0.830. The van der Waals surface area contributed by atoms with Gasteiger partial charge in [-0.25, -0.2) is 0 Å². The number of rotatable bonds is 1. The largest absolute Gasteiger partial charge is 0.318 e. The molecule has 1 amide bonds. The van der Waals surface area contributed by atoms with Gasteiger partial charge in [-0.05, 0) is 25.5 Å². The van der Waals surface area contributed by atoms with Gasteiger partial charge in [0, 0.05) is 11.8 Å². The van der Waals surface area contributed by atoms with Crippen LogP contribution in [-0.4, -0.2) is 5.91 Å². The lowest BCUT2D eigenvalue weighted by atomic mass is 10.3. The zero-order chi connectivity index (χ0) is 8.43. The molecule has 0 aliphatic heterocycles. The van der Waals surface area contributed by atoms with E-state index in [1.54, 1.807) is 11.3 Å². The van der Waals surface area contributed by atoms with E-state index >= 15 is 0 Å². The Morgan fingerprint density at radius 2 is 2.18 bits per heavy atom. The van der Waals surface area contributed by atoms with Gasteiger partial charge >= 0.3 is 0 Å². The van der Waals surface area contributed by atoms with Crippen molar-refractivity contribution in [2.24, 2.45) is 0 Å². The molecule has 0 aliphatic rings. The highest BCUT2D eigenvalue weighted by atomic mass is 32.1. The molecule has 1 N–H and O–H groups in total. The van der Waals surface area contributed by atoms with Gasteiger partial charge in [0.15, 0.2) is 0 Å². The number of hydrogen-bond donors (Lipinski definition) is 1. The van der Waals surface area contributed by atoms with Crippen molar-refractivity contribution in [3.8, 4) is 0 Å². The highest BCUT2D eigenvalue weighted by Crippen LogP contribution is 2.24. The van der Waals surface area contributed by atoms with Gasteiger partial charge in [-0.15, -0.1) is 11.3 Å². The highest BCUT2D eigenvalue weighted by Gasteiger charge is 2.01. The van der Waals surface area contributed by atoms with Crippen molar-refractivity contribution in [2.75, 3.05) is 5.32 Å². The Bertz CT molecular complexity index is 258. The van der Waals surface area contributed by atoms with E-state index in [9.17, 15) is 4.79 Å². The van der Waals surface area contributed by atoms with Crippen molar-refractivity contribution >= 4 is 22.2 Å². The second kappa shape index (κ2) is 3.05. The van der Waals surface area contributed by atoms with E-state index in [4.69, 9.17) is 0 Å². The van der Waals surface area contributed by atoms with Gasteiger partial charge < -0.3 is 5.32 Å². The van der Waals surface area contributed by atoms with Crippen molar-refractivity contribution < 1.29 is 4.79 Å². The van der Waals surface area contributed by atoms with Crippen LogP contribution in [0.2, 0.25) is 0 Å². The quantitative estimate of drug-likeness (QED) is 0.686. The minimum atomic E-state index is -0.00810. The fourth-order valence-corrected chi connectivity index (χ4v) is 1.79. The van der Waals surface area contributed by atoms with Crippen LogP contribution in [-0.2, 0) is 4.79 Å². The van der Waals surface area contributed by atoms with Crippen LogP contribution in [0.5, 0.6) is 0 Å². The van der Waals surface area contributed by atoms with Gasteiger partial charge in [0.05, 0.1) is 5.00 Å². The zero-order valence-electron chi connectivity index (χ0n) is 6.89. The summed E-state index contributed by atoms with van der Waals surface area (Å²) in [7, 11) is 0. The minimum Gasteiger partial charge on any atom is -0.318 e. The Morgan fingerprint density at radius 3 is 2.55 bits per heavy atom. The third-order valence-corrected chi connectivity index (χ3v) is 2.53. The smallest absolute Gasteiger partial charge is 0.221 e. The molecule has 1 aromatic rings. The van der Waals surface area contributed by atoms with E-state index in [0.717, 1.165) is 5.00 Å². The Morgan fingerprint density at radius 1 is 1.55 bits per heavy atom. The van der Waals surface area contributed by atoms with Crippen LogP contribution in [0.15, 0.2) is 6.07 Å². The summed E-state index contributed by atoms with van der Waals surface area (Å²) < 4.78 is 0. The molecule has 3 heteroatoms. The van der Waals surface area contributed by atoms with E-state index in [2.05, 4.69) is 5.32 Å². The summed E-state index contributed by atoms with van der Waals surface area (Å²) in [5.41, 5.74) is 1.23. The van der Waals surface area contributed by atoms with Gasteiger partial charge in [-0.1, -0.05) is 0 Å². The topological polar surface area (TPSA) is 29.1 Å². The van der Waals surface area contributed by atoms with E-state index in [1.165, 1.54) is 17.4 Å². The van der Waals surface area contributed by atoms with Crippen molar-refractivity contribution in [2.45, 2.75) is 20.8 Å². The van der Waals surface area contributed by atoms with Crippen molar-refractivity contribution in [3.63, 3.8) is 0 Å². The summed E-state index contributed by atoms with van der Waals surface area (Å²) in [6, 6.07) is 1.99. The lowest BCUT2D eigenvalue weighted by Crippen LogP contribution is -2.03. The third-order valence-electron chi connectivity index (χ3n) is 1.47.